The number of aromatic nitrogens is 3. The highest BCUT2D eigenvalue weighted by Gasteiger charge is 2.36. The molecule has 1 saturated heterocycles. The lowest BCUT2D eigenvalue weighted by molar-refractivity contribution is -0.140. The maximum Gasteiger partial charge on any atom is 0.434 e. The van der Waals surface area contributed by atoms with Crippen molar-refractivity contribution in [1.29, 1.82) is 0 Å². The Balaban J connectivity index is 1.48. The third kappa shape index (κ3) is 5.97. The standard InChI is InChI=1S/C26H34F3N7O/c1-17(2)22-20(7-6-10-31-22)23(30-4)33-24-18(3)37-14-13-36(24)15-19-8-11-35(12-9-19)25-32-21(16-34(25)5)26(27,28)29/h6-7,10,16-17,19H,4,8-9,11-15H2,1-3,5H3/b33-23-. The molecule has 200 valence electrons. The van der Waals surface area contributed by atoms with E-state index in [1.165, 1.54) is 4.57 Å². The zero-order chi connectivity index (χ0) is 26.7. The van der Waals surface area contributed by atoms with Gasteiger partial charge in [-0.25, -0.2) is 15.0 Å². The predicted octanol–water partition coefficient (Wildman–Crippen LogP) is 4.84. The van der Waals surface area contributed by atoms with Crippen molar-refractivity contribution in [2.45, 2.75) is 45.7 Å². The minimum Gasteiger partial charge on any atom is -0.493 e. The summed E-state index contributed by atoms with van der Waals surface area (Å²) >= 11 is 0. The second-order valence-corrected chi connectivity index (χ2v) is 9.82. The number of alkyl halides is 3. The SMILES string of the molecule is C=N/C(=N\C1=C(C)OCCN1CC1CCN(c2nc(C(F)(F)F)cn2C)CC1)c1cccnc1C(C)C. The van der Waals surface area contributed by atoms with Crippen molar-refractivity contribution < 1.29 is 17.9 Å². The highest BCUT2D eigenvalue weighted by atomic mass is 19.4. The Kier molecular flexibility index (Phi) is 7.89. The van der Waals surface area contributed by atoms with Gasteiger partial charge in [0.05, 0.1) is 12.2 Å². The van der Waals surface area contributed by atoms with Crippen molar-refractivity contribution in [2.75, 3.05) is 37.7 Å². The summed E-state index contributed by atoms with van der Waals surface area (Å²) in [5.41, 5.74) is 0.898. The monoisotopic (exact) mass is 517 g/mol. The van der Waals surface area contributed by atoms with E-state index < -0.39 is 11.9 Å². The fourth-order valence-electron chi connectivity index (χ4n) is 4.89. The molecule has 0 amide bonds. The summed E-state index contributed by atoms with van der Waals surface area (Å²) in [5.74, 6) is 2.89. The summed E-state index contributed by atoms with van der Waals surface area (Å²) in [4.78, 5) is 21.6. The van der Waals surface area contributed by atoms with Crippen LogP contribution < -0.4 is 4.90 Å². The quantitative estimate of drug-likeness (QED) is 0.405. The van der Waals surface area contributed by atoms with Crippen LogP contribution in [0.3, 0.4) is 0 Å². The Hall–Kier alpha value is -3.37. The highest BCUT2D eigenvalue weighted by molar-refractivity contribution is 6.02. The predicted molar refractivity (Wildman–Crippen MR) is 138 cm³/mol. The molecule has 0 unspecified atom stereocenters. The number of anilines is 1. The molecule has 37 heavy (non-hydrogen) atoms. The summed E-state index contributed by atoms with van der Waals surface area (Å²) in [7, 11) is 1.60. The van der Waals surface area contributed by atoms with E-state index in [0.717, 1.165) is 48.4 Å². The summed E-state index contributed by atoms with van der Waals surface area (Å²) in [6.07, 6.45) is 0.0474. The molecule has 0 radical (unpaired) electrons. The normalized spacial score (nSPS) is 18.0. The van der Waals surface area contributed by atoms with Gasteiger partial charge in [0, 0.05) is 44.6 Å². The van der Waals surface area contributed by atoms with Crippen molar-refractivity contribution in [3.63, 3.8) is 0 Å². The molecule has 4 rings (SSSR count). The number of amidine groups is 1. The number of aliphatic imine (C=N–C) groups is 2. The first-order chi connectivity index (χ1) is 17.6. The summed E-state index contributed by atoms with van der Waals surface area (Å²) in [6, 6.07) is 3.82. The molecule has 11 heteroatoms. The lowest BCUT2D eigenvalue weighted by Gasteiger charge is -2.37. The van der Waals surface area contributed by atoms with Gasteiger partial charge in [0.25, 0.3) is 0 Å². The van der Waals surface area contributed by atoms with Crippen LogP contribution in [0, 0.1) is 5.92 Å². The number of pyridine rings is 1. The first-order valence-corrected chi connectivity index (χ1v) is 12.5. The summed E-state index contributed by atoms with van der Waals surface area (Å²) in [6.45, 7) is 13.1. The van der Waals surface area contributed by atoms with E-state index in [0.29, 0.717) is 43.9 Å². The molecule has 0 aromatic carbocycles. The number of rotatable bonds is 6. The minimum absolute atomic E-state index is 0.202. The summed E-state index contributed by atoms with van der Waals surface area (Å²) < 4.78 is 46.5. The maximum atomic E-state index is 13.1. The molecule has 0 spiro atoms. The molecule has 0 saturated carbocycles. The zero-order valence-electron chi connectivity index (χ0n) is 21.8. The lowest BCUT2D eigenvalue weighted by atomic mass is 9.96. The molecule has 2 aromatic heterocycles. The van der Waals surface area contributed by atoms with Crippen LogP contribution in [-0.2, 0) is 18.0 Å². The van der Waals surface area contributed by atoms with Crippen molar-refractivity contribution in [2.24, 2.45) is 23.0 Å². The van der Waals surface area contributed by atoms with Crippen molar-refractivity contribution >= 4 is 18.5 Å². The molecule has 0 bridgehead atoms. The second kappa shape index (κ2) is 10.9. The third-order valence-electron chi connectivity index (χ3n) is 6.80. The zero-order valence-corrected chi connectivity index (χ0v) is 21.8. The van der Waals surface area contributed by atoms with Gasteiger partial charge in [0.15, 0.2) is 17.4 Å². The summed E-state index contributed by atoms with van der Waals surface area (Å²) in [5, 5.41) is 0. The molecule has 0 atom stereocenters. The Morgan fingerprint density at radius 2 is 1.97 bits per heavy atom. The number of halogens is 3. The number of nitrogens with zero attached hydrogens (tertiary/aromatic N) is 7. The Labute approximate surface area is 215 Å². The molecule has 1 fully saturated rings. The molecule has 0 aliphatic carbocycles. The van der Waals surface area contributed by atoms with Crippen LogP contribution in [0.25, 0.3) is 0 Å². The fraction of sp³-hybridized carbons (Fsp3) is 0.538. The smallest absolute Gasteiger partial charge is 0.434 e. The van der Waals surface area contributed by atoms with Gasteiger partial charge >= 0.3 is 6.18 Å². The average molecular weight is 518 g/mol. The largest absolute Gasteiger partial charge is 0.493 e. The molecule has 2 aliphatic heterocycles. The Morgan fingerprint density at radius 1 is 1.24 bits per heavy atom. The van der Waals surface area contributed by atoms with Crippen LogP contribution in [0.2, 0.25) is 0 Å². The van der Waals surface area contributed by atoms with Crippen LogP contribution in [0.1, 0.15) is 56.5 Å². The van der Waals surface area contributed by atoms with E-state index in [4.69, 9.17) is 9.73 Å². The van der Waals surface area contributed by atoms with Crippen LogP contribution in [-0.4, -0.2) is 64.8 Å². The van der Waals surface area contributed by atoms with E-state index in [2.05, 4.69) is 40.4 Å². The molecular formula is C26H34F3N7O. The third-order valence-corrected chi connectivity index (χ3v) is 6.80. The van der Waals surface area contributed by atoms with Crippen LogP contribution in [0.4, 0.5) is 19.1 Å². The highest BCUT2D eigenvalue weighted by Crippen LogP contribution is 2.32. The first-order valence-electron chi connectivity index (χ1n) is 12.5. The van der Waals surface area contributed by atoms with Crippen LogP contribution in [0.5, 0.6) is 0 Å². The molecule has 0 N–H and O–H groups in total. The van der Waals surface area contributed by atoms with Gasteiger partial charge in [-0.1, -0.05) is 13.8 Å². The number of ether oxygens (including phenoxy) is 1. The van der Waals surface area contributed by atoms with Gasteiger partial charge in [-0.05, 0) is 50.5 Å². The topological polar surface area (TPSA) is 71.1 Å². The molecule has 2 aliphatic rings. The molecule has 4 heterocycles. The number of imidazole rings is 1. The lowest BCUT2D eigenvalue weighted by Crippen LogP contribution is -2.41. The van der Waals surface area contributed by atoms with Gasteiger partial charge in [0.1, 0.15) is 12.4 Å². The maximum absolute atomic E-state index is 13.1. The first kappa shape index (κ1) is 26.7. The molecule has 2 aromatic rings. The van der Waals surface area contributed by atoms with Crippen molar-refractivity contribution in [3.05, 3.63) is 53.1 Å². The average Bonchev–Trinajstić information content (AvgIpc) is 3.26. The second-order valence-electron chi connectivity index (χ2n) is 9.82. The van der Waals surface area contributed by atoms with Crippen molar-refractivity contribution in [1.82, 2.24) is 19.4 Å². The van der Waals surface area contributed by atoms with Gasteiger partial charge in [-0.2, -0.15) is 13.2 Å². The van der Waals surface area contributed by atoms with E-state index >= 15 is 0 Å². The number of hydrogen-bond donors (Lipinski definition) is 0. The van der Waals surface area contributed by atoms with E-state index in [-0.39, 0.29) is 5.92 Å². The Bertz CT molecular complexity index is 1180. The number of allylic oxidation sites excluding steroid dienone is 1. The van der Waals surface area contributed by atoms with Gasteiger partial charge < -0.3 is 19.1 Å². The van der Waals surface area contributed by atoms with Gasteiger partial charge in [-0.15, -0.1) is 0 Å². The van der Waals surface area contributed by atoms with E-state index in [1.807, 2.05) is 24.0 Å². The number of aryl methyl sites for hydroxylation is 1. The fourth-order valence-corrected chi connectivity index (χ4v) is 4.89. The van der Waals surface area contributed by atoms with Crippen molar-refractivity contribution in [3.8, 4) is 0 Å². The van der Waals surface area contributed by atoms with E-state index in [9.17, 15) is 13.2 Å². The van der Waals surface area contributed by atoms with Crippen LogP contribution >= 0.6 is 0 Å². The van der Waals surface area contributed by atoms with Gasteiger partial charge in [0.2, 0.25) is 5.95 Å². The molecular weight excluding hydrogens is 483 g/mol. The number of piperidine rings is 1. The number of hydrogen-bond acceptors (Lipinski definition) is 6. The minimum atomic E-state index is -4.45. The molecule has 8 nitrogen and oxygen atoms in total. The Morgan fingerprint density at radius 3 is 2.59 bits per heavy atom. The van der Waals surface area contributed by atoms with Crippen LogP contribution in [0.15, 0.2) is 46.1 Å². The van der Waals surface area contributed by atoms with E-state index in [1.54, 1.807) is 13.2 Å². The van der Waals surface area contributed by atoms with Gasteiger partial charge in [-0.3, -0.25) is 4.98 Å².